The molecule has 4 amide bonds. The highest BCUT2D eigenvalue weighted by molar-refractivity contribution is 7.89. The van der Waals surface area contributed by atoms with Crippen LogP contribution in [-0.2, 0) is 47.0 Å². The topological polar surface area (TPSA) is 266 Å². The van der Waals surface area contributed by atoms with Crippen molar-refractivity contribution in [2.45, 2.75) is 89.3 Å². The van der Waals surface area contributed by atoms with Crippen LogP contribution in [0.3, 0.4) is 0 Å². The summed E-state index contributed by atoms with van der Waals surface area (Å²) in [5.41, 5.74) is 15.7. The number of ether oxygens (including phenoxy) is 1. The first-order valence-corrected chi connectivity index (χ1v) is 25.9. The molecule has 19 nitrogen and oxygen atoms in total. The normalized spacial score (nSPS) is 15.4. The lowest BCUT2D eigenvalue weighted by molar-refractivity contribution is 0.0233. The summed E-state index contributed by atoms with van der Waals surface area (Å²) in [5.74, 6) is -0.299. The van der Waals surface area contributed by atoms with Crippen molar-refractivity contribution in [2.75, 3.05) is 31.9 Å². The fraction of sp³-hybridized carbons (Fsp3) is 0.333. The van der Waals surface area contributed by atoms with Crippen molar-refractivity contribution in [1.29, 1.82) is 0 Å². The van der Waals surface area contributed by atoms with Crippen molar-refractivity contribution >= 4 is 75.3 Å². The lowest BCUT2D eigenvalue weighted by atomic mass is 10.0. The molecule has 74 heavy (non-hydrogen) atoms. The minimum atomic E-state index is -3.52. The van der Waals surface area contributed by atoms with E-state index >= 15 is 0 Å². The molecule has 5 aliphatic rings. The van der Waals surface area contributed by atoms with Crippen LogP contribution < -0.4 is 26.4 Å². The van der Waals surface area contributed by atoms with Crippen LogP contribution in [-0.4, -0.2) is 105 Å². The van der Waals surface area contributed by atoms with E-state index in [1.807, 2.05) is 31.3 Å². The number of nitrogens with zero attached hydrogens (tertiary/aromatic N) is 7. The number of amides is 4. The Balaban J connectivity index is 0.000000158. The standard InChI is InChI=1S/C21H20N6O3S.C13H15ClN2O3.C9H10N2O.C8H9ClN2.ClH/c22-20-19(17-9-13-7-8-23-21(28)16(13)10-24-17)26-18(11-25-20)12-1-5-15(6-2-12)31(29,30)27-14-3-4-14;1-13(2,3)19-12(18)16-5-4-8-6-10(14)15-7-9(8)11(16)17;1-6-4-7-2-3-10-9(12)8(7)5-11-6;9-8-3-6-1-2-10-4-7(6)5-11-8;/h1-2,5-6,9-11,14,27H,3-4,7-8H2,(H2,22,25)(H,23,28);6-7H,4-5H2,1-3H3;4-5H,2-3H2,1H3,(H,10,12);3,5,10H,1-2,4H2;1H. The molecule has 23 heteroatoms. The zero-order valence-electron chi connectivity index (χ0n) is 41.0. The van der Waals surface area contributed by atoms with E-state index in [2.05, 4.69) is 50.6 Å². The van der Waals surface area contributed by atoms with Gasteiger partial charge in [0.15, 0.2) is 5.82 Å². The second-order valence-corrected chi connectivity index (χ2v) is 21.2. The number of nitrogens with two attached hydrogens (primary N) is 1. The van der Waals surface area contributed by atoms with Gasteiger partial charge in [-0.05, 0) is 137 Å². The van der Waals surface area contributed by atoms with Crippen LogP contribution in [0, 0.1) is 6.92 Å². The Morgan fingerprint density at radius 1 is 0.730 bits per heavy atom. The minimum absolute atomic E-state index is 0. The summed E-state index contributed by atoms with van der Waals surface area (Å²) in [5, 5.41) is 9.79. The molecule has 6 N–H and O–H groups in total. The van der Waals surface area contributed by atoms with Gasteiger partial charge < -0.3 is 26.4 Å². The van der Waals surface area contributed by atoms with Crippen LogP contribution in [0.15, 0.2) is 84.4 Å². The molecule has 1 aliphatic carbocycles. The Morgan fingerprint density at radius 3 is 1.99 bits per heavy atom. The van der Waals surface area contributed by atoms with Gasteiger partial charge in [0.2, 0.25) is 10.0 Å². The van der Waals surface area contributed by atoms with E-state index in [9.17, 15) is 27.6 Å². The van der Waals surface area contributed by atoms with Gasteiger partial charge in [0.25, 0.3) is 17.7 Å². The van der Waals surface area contributed by atoms with Crippen molar-refractivity contribution in [3.05, 3.63) is 140 Å². The van der Waals surface area contributed by atoms with Crippen molar-refractivity contribution < 1.29 is 32.3 Å². The van der Waals surface area contributed by atoms with Crippen molar-refractivity contribution in [1.82, 2.24) is 55.5 Å². The first-order chi connectivity index (χ1) is 34.8. The molecule has 0 radical (unpaired) electrons. The summed E-state index contributed by atoms with van der Waals surface area (Å²) in [6.45, 7) is 10.8. The number of hydrogen-bond acceptors (Lipinski definition) is 15. The fourth-order valence-electron chi connectivity index (χ4n) is 8.07. The smallest absolute Gasteiger partial charge is 0.417 e. The van der Waals surface area contributed by atoms with Crippen molar-refractivity contribution in [2.24, 2.45) is 0 Å². The Hall–Kier alpha value is -6.68. The molecule has 9 heterocycles. The number of sulfonamides is 1. The van der Waals surface area contributed by atoms with E-state index in [-0.39, 0.29) is 46.9 Å². The predicted molar refractivity (Wildman–Crippen MR) is 282 cm³/mol. The van der Waals surface area contributed by atoms with E-state index in [4.69, 9.17) is 33.7 Å². The minimum Gasteiger partial charge on any atom is -0.443 e. The molecule has 5 aromatic heterocycles. The summed E-state index contributed by atoms with van der Waals surface area (Å²) in [6.07, 6.45) is 12.3. The van der Waals surface area contributed by atoms with Gasteiger partial charge in [-0.3, -0.25) is 24.4 Å². The number of aromatic nitrogens is 6. The number of aryl methyl sites for hydroxylation is 1. The highest BCUT2D eigenvalue weighted by Crippen LogP contribution is 2.29. The number of nitrogen functional groups attached to an aromatic ring is 1. The highest BCUT2D eigenvalue weighted by atomic mass is 35.5. The number of halogens is 3. The number of imide groups is 1. The molecule has 0 spiro atoms. The molecule has 0 saturated heterocycles. The summed E-state index contributed by atoms with van der Waals surface area (Å²) < 4.78 is 32.6. The molecule has 1 fully saturated rings. The Bertz CT molecular complexity index is 3210. The second-order valence-electron chi connectivity index (χ2n) is 18.7. The number of carbonyl (C=O) groups is 4. The summed E-state index contributed by atoms with van der Waals surface area (Å²) >= 11 is 11.5. The lowest BCUT2D eigenvalue weighted by Crippen LogP contribution is -2.44. The van der Waals surface area contributed by atoms with Crippen LogP contribution >= 0.6 is 35.6 Å². The Kier molecular flexibility index (Phi) is 17.6. The summed E-state index contributed by atoms with van der Waals surface area (Å²) in [7, 11) is -3.52. The Morgan fingerprint density at radius 2 is 1.32 bits per heavy atom. The maximum Gasteiger partial charge on any atom is 0.417 e. The fourth-order valence-corrected chi connectivity index (χ4v) is 9.73. The first kappa shape index (κ1) is 55.1. The molecular weight excluding hydrogens is 1030 g/mol. The monoisotopic (exact) mass is 1080 g/mol. The number of nitrogens with one attached hydrogen (secondary N) is 4. The quantitative estimate of drug-likeness (QED) is 0.113. The maximum atomic E-state index is 12.4. The number of fused-ring (bicyclic) bond motifs is 4. The predicted octanol–water partition coefficient (Wildman–Crippen LogP) is 6.66. The molecule has 388 valence electrons. The van der Waals surface area contributed by atoms with Crippen LogP contribution in [0.25, 0.3) is 22.6 Å². The average Bonchev–Trinajstić information content (AvgIpc) is 4.17. The van der Waals surface area contributed by atoms with Crippen LogP contribution in [0.1, 0.15) is 98.2 Å². The second kappa shape index (κ2) is 23.7. The zero-order chi connectivity index (χ0) is 52.0. The van der Waals surface area contributed by atoms with E-state index in [0.717, 1.165) is 78.2 Å². The number of anilines is 1. The SMILES string of the molecule is CC(C)(C)OC(=O)N1CCc2cc(Cl)ncc2C1=O.Cc1cc2c(cn1)C(=O)NCC2.Cl.Clc1cc2c(cn1)CNCC2.Nc1ncc(-c2ccc(S(=O)(=O)NC3CC3)cc2)nc1-c1cc2c(cn1)C(=O)NCC2. The number of pyridine rings is 4. The van der Waals surface area contributed by atoms with Gasteiger partial charge >= 0.3 is 6.09 Å². The zero-order valence-corrected chi connectivity index (χ0v) is 44.1. The molecule has 0 atom stereocenters. The molecule has 4 aliphatic heterocycles. The van der Waals surface area contributed by atoms with Gasteiger partial charge in [0.05, 0.1) is 39.2 Å². The third kappa shape index (κ3) is 13.9. The molecule has 0 unspecified atom stereocenters. The molecule has 1 aromatic carbocycles. The number of benzene rings is 1. The first-order valence-electron chi connectivity index (χ1n) is 23.6. The Labute approximate surface area is 444 Å². The largest absolute Gasteiger partial charge is 0.443 e. The third-order valence-corrected chi connectivity index (χ3v) is 13.9. The van der Waals surface area contributed by atoms with Gasteiger partial charge in [-0.25, -0.2) is 42.8 Å². The molecular formula is C51H55Cl3N12O7S. The summed E-state index contributed by atoms with van der Waals surface area (Å²) in [4.78, 5) is 73.8. The molecule has 0 bridgehead atoms. The maximum absolute atomic E-state index is 12.4. The van der Waals surface area contributed by atoms with Crippen molar-refractivity contribution in [3.8, 4) is 22.6 Å². The van der Waals surface area contributed by atoms with Gasteiger partial charge in [-0.1, -0.05) is 35.3 Å². The lowest BCUT2D eigenvalue weighted by Gasteiger charge is -2.29. The highest BCUT2D eigenvalue weighted by Gasteiger charge is 2.33. The van der Waals surface area contributed by atoms with Gasteiger partial charge in [0, 0.05) is 68.3 Å². The van der Waals surface area contributed by atoms with Gasteiger partial charge in [-0.2, -0.15) is 0 Å². The molecule has 1 saturated carbocycles. The van der Waals surface area contributed by atoms with Crippen LogP contribution in [0.4, 0.5) is 10.6 Å². The van der Waals surface area contributed by atoms with Crippen LogP contribution in [0.2, 0.25) is 10.3 Å². The van der Waals surface area contributed by atoms with E-state index in [0.29, 0.717) is 70.0 Å². The molecule has 6 aromatic rings. The van der Waals surface area contributed by atoms with Crippen molar-refractivity contribution in [3.63, 3.8) is 0 Å². The van der Waals surface area contributed by atoms with Gasteiger partial charge in [0.1, 0.15) is 21.6 Å². The summed E-state index contributed by atoms with van der Waals surface area (Å²) in [6, 6.07) is 13.9. The number of hydrogen-bond donors (Lipinski definition) is 5. The van der Waals surface area contributed by atoms with Crippen LogP contribution in [0.5, 0.6) is 0 Å². The molecule has 11 rings (SSSR count). The average molecular weight is 1090 g/mol. The third-order valence-electron chi connectivity index (χ3n) is 12.0. The number of rotatable bonds is 5. The van der Waals surface area contributed by atoms with E-state index in [1.165, 1.54) is 29.7 Å². The van der Waals surface area contributed by atoms with E-state index in [1.54, 1.807) is 57.3 Å². The van der Waals surface area contributed by atoms with Gasteiger partial charge in [-0.15, -0.1) is 12.4 Å². The van der Waals surface area contributed by atoms with E-state index < -0.39 is 21.7 Å². The number of carbonyl (C=O) groups excluding carboxylic acids is 4.